The molecule has 0 amide bonds. The van der Waals surface area contributed by atoms with Gasteiger partial charge in [-0.3, -0.25) is 0 Å². The molecule has 1 aromatic heterocycles. The highest BCUT2D eigenvalue weighted by Gasteiger charge is 2.37. The minimum Gasteiger partial charge on any atom is -0.364 e. The molecule has 0 aliphatic heterocycles. The van der Waals surface area contributed by atoms with Crippen LogP contribution in [0.2, 0.25) is 0 Å². The Balaban J connectivity index is 1.18. The first-order valence-corrected chi connectivity index (χ1v) is 18.1. The Bertz CT molecular complexity index is 2470. The number of aliphatic hydroxyl groups is 4. The molecule has 0 fully saturated rings. The summed E-state index contributed by atoms with van der Waals surface area (Å²) in [4.78, 5) is 15.3. The van der Waals surface area contributed by atoms with Crippen LogP contribution in [-0.2, 0) is 10.8 Å². The number of fused-ring (bicyclic) bond motifs is 6. The van der Waals surface area contributed by atoms with E-state index in [1.54, 1.807) is 12.1 Å². The van der Waals surface area contributed by atoms with E-state index in [9.17, 15) is 20.4 Å². The number of hydrogen-bond donors (Lipinski definition) is 4. The molecule has 54 heavy (non-hydrogen) atoms. The number of rotatable bonds is 6. The van der Waals surface area contributed by atoms with Crippen LogP contribution in [0.5, 0.6) is 0 Å². The first kappa shape index (κ1) is 34.0. The summed E-state index contributed by atoms with van der Waals surface area (Å²) in [5.74, 6) is 1.66. The summed E-state index contributed by atoms with van der Waals surface area (Å²) in [6.45, 7) is 9.05. The van der Waals surface area contributed by atoms with Crippen molar-refractivity contribution in [2.75, 3.05) is 0 Å². The molecule has 4 N–H and O–H groups in total. The average Bonchev–Trinajstić information content (AvgIpc) is 3.56. The quantitative estimate of drug-likeness (QED) is 0.127. The van der Waals surface area contributed by atoms with Crippen molar-refractivity contribution in [1.29, 1.82) is 0 Å². The fourth-order valence-corrected chi connectivity index (χ4v) is 8.40. The van der Waals surface area contributed by atoms with Crippen LogP contribution in [-0.4, -0.2) is 35.4 Å². The molecular formula is C47H39N3O4. The van der Waals surface area contributed by atoms with E-state index in [-0.39, 0.29) is 22.0 Å². The molecule has 0 saturated heterocycles. The Morgan fingerprint density at radius 3 is 1.19 bits per heavy atom. The van der Waals surface area contributed by atoms with E-state index in [1.807, 2.05) is 24.3 Å². The normalized spacial score (nSPS) is 14.6. The van der Waals surface area contributed by atoms with Crippen LogP contribution in [0.1, 0.15) is 73.7 Å². The second kappa shape index (κ2) is 12.4. The van der Waals surface area contributed by atoms with Gasteiger partial charge in [0, 0.05) is 38.6 Å². The monoisotopic (exact) mass is 709 g/mol. The summed E-state index contributed by atoms with van der Waals surface area (Å²) in [5, 5.41) is 39.4. The number of aliphatic hydroxyl groups excluding tert-OH is 2. The highest BCUT2D eigenvalue weighted by molar-refractivity contribution is 5.85. The van der Waals surface area contributed by atoms with E-state index in [2.05, 4.69) is 113 Å². The van der Waals surface area contributed by atoms with Gasteiger partial charge in [-0.1, -0.05) is 125 Å². The van der Waals surface area contributed by atoms with Gasteiger partial charge in [0.15, 0.2) is 30.1 Å². The smallest absolute Gasteiger partial charge is 0.178 e. The predicted octanol–water partition coefficient (Wildman–Crippen LogP) is 9.12. The van der Waals surface area contributed by atoms with Gasteiger partial charge in [0.1, 0.15) is 0 Å². The maximum atomic E-state index is 9.86. The van der Waals surface area contributed by atoms with Crippen LogP contribution >= 0.6 is 0 Å². The third-order valence-electron chi connectivity index (χ3n) is 11.4. The summed E-state index contributed by atoms with van der Waals surface area (Å²) < 4.78 is 0. The van der Waals surface area contributed by atoms with Crippen LogP contribution < -0.4 is 0 Å². The minimum atomic E-state index is -1.76. The summed E-state index contributed by atoms with van der Waals surface area (Å²) in [6, 6.07) is 42.4. The minimum absolute atomic E-state index is 0.160. The van der Waals surface area contributed by atoms with E-state index < -0.39 is 12.6 Å². The van der Waals surface area contributed by atoms with Crippen LogP contribution in [0.4, 0.5) is 0 Å². The average molecular weight is 710 g/mol. The van der Waals surface area contributed by atoms with Crippen molar-refractivity contribution < 1.29 is 20.4 Å². The van der Waals surface area contributed by atoms with Crippen molar-refractivity contribution in [3.8, 4) is 67.5 Å². The summed E-state index contributed by atoms with van der Waals surface area (Å²) >= 11 is 0. The van der Waals surface area contributed by atoms with E-state index in [1.165, 1.54) is 50.6 Å². The van der Waals surface area contributed by atoms with E-state index in [0.29, 0.717) is 23.0 Å². The molecule has 0 spiro atoms. The maximum absolute atomic E-state index is 9.86. The van der Waals surface area contributed by atoms with Crippen molar-refractivity contribution in [2.45, 2.75) is 51.1 Å². The fourth-order valence-electron chi connectivity index (χ4n) is 8.40. The number of benzene rings is 6. The molecule has 0 bridgehead atoms. The van der Waals surface area contributed by atoms with Gasteiger partial charge in [-0.25, -0.2) is 15.0 Å². The van der Waals surface area contributed by atoms with Crippen LogP contribution in [0.25, 0.3) is 67.5 Å². The highest BCUT2D eigenvalue weighted by atomic mass is 16.5. The lowest BCUT2D eigenvalue weighted by atomic mass is 9.82. The molecule has 2 aliphatic rings. The molecule has 0 radical (unpaired) electrons. The van der Waals surface area contributed by atoms with Gasteiger partial charge in [-0.15, -0.1) is 0 Å². The Hall–Kier alpha value is -5.83. The van der Waals surface area contributed by atoms with Crippen LogP contribution in [0.15, 0.2) is 127 Å². The van der Waals surface area contributed by atoms with Crippen molar-refractivity contribution in [3.05, 3.63) is 161 Å². The molecule has 1 heterocycles. The second-order valence-corrected chi connectivity index (χ2v) is 15.4. The van der Waals surface area contributed by atoms with E-state index in [4.69, 9.17) is 15.0 Å². The zero-order valence-corrected chi connectivity index (χ0v) is 30.4. The Morgan fingerprint density at radius 1 is 0.370 bits per heavy atom. The SMILES string of the molecule is CC1(C)c2ccccc2-c2ccc(-c3nc(-c4ccc(-c5cc(C(O)O)cc(C(O)O)c5)cc4)nc(-c4ccc5c(c4)C(C)(C)c4ccccc4-5)n3)cc21. The molecule has 9 rings (SSSR count). The van der Waals surface area contributed by atoms with Crippen molar-refractivity contribution in [2.24, 2.45) is 0 Å². The van der Waals surface area contributed by atoms with Gasteiger partial charge in [-0.2, -0.15) is 0 Å². The van der Waals surface area contributed by atoms with Gasteiger partial charge >= 0.3 is 0 Å². The Labute approximate surface area is 314 Å². The third kappa shape index (κ3) is 5.39. The molecule has 2 aliphatic carbocycles. The maximum Gasteiger partial charge on any atom is 0.178 e. The molecule has 7 nitrogen and oxygen atoms in total. The molecule has 0 saturated carbocycles. The zero-order chi connectivity index (χ0) is 37.5. The first-order valence-electron chi connectivity index (χ1n) is 18.1. The molecule has 7 heteroatoms. The molecular weight excluding hydrogens is 671 g/mol. The molecule has 6 aromatic carbocycles. The molecule has 0 atom stereocenters. The molecule has 7 aromatic rings. The van der Waals surface area contributed by atoms with Gasteiger partial charge in [-0.05, 0) is 86.0 Å². The highest BCUT2D eigenvalue weighted by Crippen LogP contribution is 2.51. The number of hydrogen-bond acceptors (Lipinski definition) is 7. The predicted molar refractivity (Wildman–Crippen MR) is 211 cm³/mol. The largest absolute Gasteiger partial charge is 0.364 e. The number of aromatic nitrogens is 3. The summed E-state index contributed by atoms with van der Waals surface area (Å²) in [7, 11) is 0. The lowest BCUT2D eigenvalue weighted by Crippen LogP contribution is -2.15. The van der Waals surface area contributed by atoms with E-state index in [0.717, 1.165) is 22.3 Å². The molecule has 0 unspecified atom stereocenters. The zero-order valence-electron chi connectivity index (χ0n) is 30.4. The Kier molecular flexibility index (Phi) is 7.78. The van der Waals surface area contributed by atoms with E-state index >= 15 is 0 Å². The lowest BCUT2D eigenvalue weighted by molar-refractivity contribution is -0.0474. The van der Waals surface area contributed by atoms with Crippen molar-refractivity contribution in [1.82, 2.24) is 15.0 Å². The van der Waals surface area contributed by atoms with Gasteiger partial charge in [0.2, 0.25) is 0 Å². The first-order chi connectivity index (χ1) is 25.9. The van der Waals surface area contributed by atoms with Gasteiger partial charge < -0.3 is 20.4 Å². The molecule has 266 valence electrons. The topological polar surface area (TPSA) is 120 Å². The van der Waals surface area contributed by atoms with Gasteiger partial charge in [0.05, 0.1) is 0 Å². The summed E-state index contributed by atoms with van der Waals surface area (Å²) in [6.07, 6.45) is -3.52. The second-order valence-electron chi connectivity index (χ2n) is 15.4. The summed E-state index contributed by atoms with van der Waals surface area (Å²) in [5.41, 5.74) is 13.9. The van der Waals surface area contributed by atoms with Crippen molar-refractivity contribution >= 4 is 0 Å². The van der Waals surface area contributed by atoms with Gasteiger partial charge in [0.25, 0.3) is 0 Å². The van der Waals surface area contributed by atoms with Crippen LogP contribution in [0.3, 0.4) is 0 Å². The number of nitrogens with zero attached hydrogens (tertiary/aromatic N) is 3. The van der Waals surface area contributed by atoms with Crippen molar-refractivity contribution in [3.63, 3.8) is 0 Å². The standard InChI is InChI=1S/C47H39N3O4/c1-46(2)37-11-7-5-9-33(37)35-19-17-28(24-39(35)46)42-48-41(27-15-13-26(14-16-27)30-21-31(44(51)52)23-32(22-30)45(53)54)49-43(50-42)29-18-20-36-34-10-6-8-12-38(34)47(3,4)40(36)25-29/h5-25,44-45,51-54H,1-4H3. The van der Waals surface area contributed by atoms with Crippen LogP contribution in [0, 0.1) is 0 Å². The third-order valence-corrected chi connectivity index (χ3v) is 11.4. The fraction of sp³-hybridized carbons (Fsp3) is 0.170. The Morgan fingerprint density at radius 2 is 0.741 bits per heavy atom. The lowest BCUT2D eigenvalue weighted by Gasteiger charge is -2.22.